The number of aryl methyl sites for hydroxylation is 1. The Bertz CT molecular complexity index is 330. The molecular weight excluding hydrogens is 224 g/mol. The van der Waals surface area contributed by atoms with Crippen LogP contribution < -0.4 is 5.32 Å². The Balaban J connectivity index is 1.91. The molecule has 1 aromatic rings. The molecule has 4 nitrogen and oxygen atoms in total. The molecule has 0 atom stereocenters. The third kappa shape index (κ3) is 2.74. The normalized spacial score (nSPS) is 19.9. The number of aromatic nitrogens is 3. The van der Waals surface area contributed by atoms with Gasteiger partial charge in [0.2, 0.25) is 0 Å². The molecule has 2 rings (SSSR count). The van der Waals surface area contributed by atoms with Crippen LogP contribution in [0.3, 0.4) is 0 Å². The van der Waals surface area contributed by atoms with Gasteiger partial charge in [-0.3, -0.25) is 4.68 Å². The summed E-state index contributed by atoms with van der Waals surface area (Å²) >= 11 is 6.10. The molecule has 1 aliphatic rings. The zero-order valence-electron chi connectivity index (χ0n) is 9.75. The highest BCUT2D eigenvalue weighted by Crippen LogP contribution is 2.29. The van der Waals surface area contributed by atoms with Crippen molar-refractivity contribution in [1.82, 2.24) is 20.3 Å². The van der Waals surface area contributed by atoms with Gasteiger partial charge in [0.15, 0.2) is 0 Å². The van der Waals surface area contributed by atoms with Crippen molar-refractivity contribution in [2.45, 2.75) is 44.2 Å². The van der Waals surface area contributed by atoms with Gasteiger partial charge in [-0.1, -0.05) is 24.5 Å². The number of hydrogen-bond donors (Lipinski definition) is 1. The summed E-state index contributed by atoms with van der Waals surface area (Å²) in [6.45, 7) is 0.764. The summed E-state index contributed by atoms with van der Waals surface area (Å²) in [6.07, 6.45) is 8.19. The van der Waals surface area contributed by atoms with E-state index >= 15 is 0 Å². The smallest absolute Gasteiger partial charge is 0.0964 e. The van der Waals surface area contributed by atoms with E-state index in [0.29, 0.717) is 5.88 Å². The van der Waals surface area contributed by atoms with Crippen LogP contribution in [0.15, 0.2) is 6.20 Å². The molecule has 0 aliphatic heterocycles. The summed E-state index contributed by atoms with van der Waals surface area (Å²) < 4.78 is 1.73. The summed E-state index contributed by atoms with van der Waals surface area (Å²) in [5.41, 5.74) is 1.11. The van der Waals surface area contributed by atoms with Crippen LogP contribution in [0.5, 0.6) is 0 Å². The first-order valence-electron chi connectivity index (χ1n) is 5.90. The number of alkyl halides is 1. The van der Waals surface area contributed by atoms with Crippen molar-refractivity contribution < 1.29 is 0 Å². The summed E-state index contributed by atoms with van der Waals surface area (Å²) in [4.78, 5) is 0. The third-order valence-corrected chi connectivity index (χ3v) is 3.87. The van der Waals surface area contributed by atoms with Gasteiger partial charge in [0, 0.05) is 31.2 Å². The molecule has 1 aromatic heterocycles. The fraction of sp³-hybridized carbons (Fsp3) is 0.818. The largest absolute Gasteiger partial charge is 0.304 e. The predicted molar refractivity (Wildman–Crippen MR) is 64.4 cm³/mol. The van der Waals surface area contributed by atoms with Crippen LogP contribution >= 0.6 is 11.6 Å². The molecule has 1 N–H and O–H groups in total. The van der Waals surface area contributed by atoms with E-state index in [-0.39, 0.29) is 5.54 Å². The van der Waals surface area contributed by atoms with Gasteiger partial charge in [-0.2, -0.15) is 0 Å². The molecule has 1 aliphatic carbocycles. The summed E-state index contributed by atoms with van der Waals surface area (Å²) in [7, 11) is 1.88. The molecule has 16 heavy (non-hydrogen) atoms. The number of rotatable bonds is 4. The molecular formula is C11H19ClN4. The first-order chi connectivity index (χ1) is 7.74. The average Bonchev–Trinajstić information content (AvgIpc) is 2.74. The van der Waals surface area contributed by atoms with E-state index in [1.807, 2.05) is 13.2 Å². The van der Waals surface area contributed by atoms with E-state index in [0.717, 1.165) is 12.2 Å². The lowest BCUT2D eigenvalue weighted by Gasteiger charge is -2.36. The molecule has 1 fully saturated rings. The minimum atomic E-state index is 0.122. The van der Waals surface area contributed by atoms with E-state index in [1.165, 1.54) is 32.1 Å². The molecule has 5 heteroatoms. The van der Waals surface area contributed by atoms with Gasteiger partial charge < -0.3 is 5.32 Å². The second-order valence-corrected chi connectivity index (χ2v) is 4.98. The third-order valence-electron chi connectivity index (χ3n) is 3.36. The van der Waals surface area contributed by atoms with Crippen LogP contribution in [0.25, 0.3) is 0 Å². The highest BCUT2D eigenvalue weighted by Gasteiger charge is 2.30. The first-order valence-corrected chi connectivity index (χ1v) is 6.44. The van der Waals surface area contributed by atoms with Crippen molar-refractivity contribution in [3.8, 4) is 0 Å². The molecule has 0 bridgehead atoms. The van der Waals surface area contributed by atoms with E-state index in [2.05, 4.69) is 15.6 Å². The molecule has 90 valence electrons. The van der Waals surface area contributed by atoms with Crippen LogP contribution in [-0.4, -0.2) is 26.4 Å². The maximum absolute atomic E-state index is 6.10. The first kappa shape index (κ1) is 11.9. The Morgan fingerprint density at radius 1 is 1.44 bits per heavy atom. The molecule has 0 aromatic carbocycles. The Hall–Kier alpha value is -0.610. The lowest BCUT2D eigenvalue weighted by Crippen LogP contribution is -2.48. The topological polar surface area (TPSA) is 42.7 Å². The Labute approximate surface area is 101 Å². The fourth-order valence-corrected chi connectivity index (χ4v) is 2.70. The molecule has 0 spiro atoms. The minimum Gasteiger partial charge on any atom is -0.304 e. The minimum absolute atomic E-state index is 0.122. The monoisotopic (exact) mass is 242 g/mol. The van der Waals surface area contributed by atoms with Crippen molar-refractivity contribution in [2.24, 2.45) is 7.05 Å². The molecule has 0 saturated heterocycles. The maximum atomic E-state index is 6.10. The zero-order chi connectivity index (χ0) is 11.4. The number of hydrogen-bond acceptors (Lipinski definition) is 3. The highest BCUT2D eigenvalue weighted by molar-refractivity contribution is 6.18. The van der Waals surface area contributed by atoms with Gasteiger partial charge in [-0.15, -0.1) is 16.7 Å². The van der Waals surface area contributed by atoms with Gasteiger partial charge in [0.1, 0.15) is 0 Å². The summed E-state index contributed by atoms with van der Waals surface area (Å²) in [5.74, 6) is 0.688. The Morgan fingerprint density at radius 3 is 2.75 bits per heavy atom. The maximum Gasteiger partial charge on any atom is 0.0964 e. The Morgan fingerprint density at radius 2 is 2.19 bits per heavy atom. The lowest BCUT2D eigenvalue weighted by molar-refractivity contribution is 0.255. The van der Waals surface area contributed by atoms with E-state index in [9.17, 15) is 0 Å². The van der Waals surface area contributed by atoms with E-state index in [1.54, 1.807) is 4.68 Å². The van der Waals surface area contributed by atoms with E-state index in [4.69, 9.17) is 11.6 Å². The van der Waals surface area contributed by atoms with Crippen LogP contribution in [0.2, 0.25) is 0 Å². The molecule has 0 amide bonds. The van der Waals surface area contributed by atoms with Gasteiger partial charge in [0.05, 0.1) is 5.69 Å². The predicted octanol–water partition coefficient (Wildman–Crippen LogP) is 1.85. The van der Waals surface area contributed by atoms with E-state index < -0.39 is 0 Å². The fourth-order valence-electron chi connectivity index (χ4n) is 2.34. The second-order valence-electron chi connectivity index (χ2n) is 4.71. The van der Waals surface area contributed by atoms with Crippen molar-refractivity contribution in [1.29, 1.82) is 0 Å². The summed E-state index contributed by atoms with van der Waals surface area (Å²) in [6, 6.07) is 0. The van der Waals surface area contributed by atoms with Gasteiger partial charge in [0.25, 0.3) is 0 Å². The molecule has 0 radical (unpaired) electrons. The van der Waals surface area contributed by atoms with Gasteiger partial charge in [-0.25, -0.2) is 0 Å². The van der Waals surface area contributed by atoms with Gasteiger partial charge >= 0.3 is 0 Å². The molecule has 1 saturated carbocycles. The quantitative estimate of drug-likeness (QED) is 0.820. The SMILES string of the molecule is Cn1cc(CNC2(CCl)CCCCC2)nn1. The van der Waals surface area contributed by atoms with Crippen molar-refractivity contribution in [3.63, 3.8) is 0 Å². The Kier molecular flexibility index (Phi) is 3.82. The van der Waals surface area contributed by atoms with Crippen molar-refractivity contribution in [2.75, 3.05) is 5.88 Å². The summed E-state index contributed by atoms with van der Waals surface area (Å²) in [5, 5.41) is 11.6. The zero-order valence-corrected chi connectivity index (χ0v) is 10.5. The number of halogens is 1. The number of nitrogens with zero attached hydrogens (tertiary/aromatic N) is 3. The second kappa shape index (κ2) is 5.15. The van der Waals surface area contributed by atoms with Crippen molar-refractivity contribution in [3.05, 3.63) is 11.9 Å². The van der Waals surface area contributed by atoms with Crippen LogP contribution in [0.4, 0.5) is 0 Å². The average molecular weight is 243 g/mol. The van der Waals surface area contributed by atoms with Crippen LogP contribution in [-0.2, 0) is 13.6 Å². The standard InChI is InChI=1S/C11H19ClN4/c1-16-8-10(14-15-16)7-13-11(9-12)5-3-2-4-6-11/h8,13H,2-7,9H2,1H3. The van der Waals surface area contributed by atoms with Crippen molar-refractivity contribution >= 4 is 11.6 Å². The van der Waals surface area contributed by atoms with Crippen LogP contribution in [0, 0.1) is 0 Å². The number of nitrogens with one attached hydrogen (secondary N) is 1. The van der Waals surface area contributed by atoms with Gasteiger partial charge in [-0.05, 0) is 12.8 Å². The van der Waals surface area contributed by atoms with Crippen LogP contribution in [0.1, 0.15) is 37.8 Å². The molecule has 1 heterocycles. The lowest BCUT2D eigenvalue weighted by atomic mass is 9.83. The molecule has 0 unspecified atom stereocenters. The highest BCUT2D eigenvalue weighted by atomic mass is 35.5.